The van der Waals surface area contributed by atoms with Gasteiger partial charge >= 0.3 is 0 Å². The molecule has 0 aliphatic carbocycles. The van der Waals surface area contributed by atoms with Crippen molar-refractivity contribution in [3.63, 3.8) is 0 Å². The summed E-state index contributed by atoms with van der Waals surface area (Å²) < 4.78 is 36.3. The molecule has 58 valence electrons. The van der Waals surface area contributed by atoms with Crippen LogP contribution in [0.1, 0.15) is 0 Å². The van der Waals surface area contributed by atoms with E-state index in [9.17, 15) is 12.8 Å². The first-order valence-electron chi connectivity index (χ1n) is 2.01. The number of aliphatic hydroxyl groups is 1. The van der Waals surface area contributed by atoms with Gasteiger partial charge in [0.05, 0.1) is 12.9 Å². The lowest BCUT2D eigenvalue weighted by Gasteiger charge is -1.69. The van der Waals surface area contributed by atoms with Gasteiger partial charge in [-0.1, -0.05) is 0 Å². The highest BCUT2D eigenvalue weighted by Gasteiger charge is 1.81. The van der Waals surface area contributed by atoms with Crippen molar-refractivity contribution in [1.82, 2.24) is 0 Å². The van der Waals surface area contributed by atoms with Crippen molar-refractivity contribution in [2.45, 2.75) is 0 Å². The van der Waals surface area contributed by atoms with Crippen LogP contribution in [0.3, 0.4) is 0 Å². The minimum absolute atomic E-state index is 0.347. The second-order valence-electron chi connectivity index (χ2n) is 1.15. The van der Waals surface area contributed by atoms with E-state index in [0.29, 0.717) is 6.26 Å². The molecule has 0 aliphatic rings. The Hall–Kier alpha value is -0.200. The lowest BCUT2D eigenvalue weighted by atomic mass is 10.9. The lowest BCUT2D eigenvalue weighted by molar-refractivity contribution is 0.253. The van der Waals surface area contributed by atoms with Crippen molar-refractivity contribution >= 4 is 10.1 Å². The summed E-state index contributed by atoms with van der Waals surface area (Å²) in [6.45, 7) is -0.972. The molecule has 0 aliphatic heterocycles. The molecule has 0 amide bonds. The van der Waals surface area contributed by atoms with E-state index in [1.807, 2.05) is 0 Å². The van der Waals surface area contributed by atoms with Gasteiger partial charge in [0.15, 0.2) is 0 Å². The van der Waals surface area contributed by atoms with Crippen molar-refractivity contribution in [3.8, 4) is 0 Å². The quantitative estimate of drug-likeness (QED) is 0.505. The van der Waals surface area contributed by atoms with Crippen LogP contribution in [0.2, 0.25) is 0 Å². The van der Waals surface area contributed by atoms with E-state index in [1.165, 1.54) is 0 Å². The normalized spacial score (nSPS) is 9.78. The third-order valence-electron chi connectivity index (χ3n) is 0.0845. The summed E-state index contributed by atoms with van der Waals surface area (Å²) in [5, 5.41) is 7.50. The van der Waals surface area contributed by atoms with Gasteiger partial charge in [0.1, 0.15) is 6.67 Å². The minimum atomic E-state index is -3.67. The molecule has 0 aromatic rings. The van der Waals surface area contributed by atoms with Gasteiger partial charge in [-0.05, 0) is 0 Å². The highest BCUT2D eigenvalue weighted by Crippen LogP contribution is 1.60. The summed E-state index contributed by atoms with van der Waals surface area (Å²) in [7, 11) is -3.67. The topological polar surface area (TPSA) is 74.6 Å². The Kier molecular flexibility index (Phi) is 7.63. The van der Waals surface area contributed by atoms with E-state index in [2.05, 4.69) is 0 Å². The molecule has 6 heteroatoms. The summed E-state index contributed by atoms with van der Waals surface area (Å²) >= 11 is 0. The zero-order chi connectivity index (χ0) is 7.91. The maximum Gasteiger partial charge on any atom is 0.261 e. The maximum atomic E-state index is 10.5. The number of aliphatic hydroxyl groups excluding tert-OH is 1. The Bertz CT molecular complexity index is 119. The van der Waals surface area contributed by atoms with Crippen LogP contribution in [0, 0.1) is 0 Å². The van der Waals surface area contributed by atoms with E-state index in [1.54, 1.807) is 0 Å². The Morgan fingerprint density at radius 2 is 1.67 bits per heavy atom. The summed E-state index contributed by atoms with van der Waals surface area (Å²) in [6.07, 6.45) is 0.715. The zero-order valence-electron chi connectivity index (χ0n) is 4.91. The Balaban J connectivity index is 0. The number of hydrogen-bond donors (Lipinski definition) is 2. The molecule has 0 aromatic carbocycles. The number of rotatable bonds is 1. The Morgan fingerprint density at radius 1 is 1.56 bits per heavy atom. The standard InChI is InChI=1S/C2H5FO.CH4O3S/c3-1-2-4;1-5(2,3)4/h4H,1-2H2;1H3,(H,2,3,4). The first-order valence-corrected chi connectivity index (χ1v) is 3.86. The summed E-state index contributed by atoms with van der Waals surface area (Å²) in [5.74, 6) is 0. The second kappa shape index (κ2) is 5.93. The molecule has 9 heavy (non-hydrogen) atoms. The van der Waals surface area contributed by atoms with E-state index in [0.717, 1.165) is 0 Å². The van der Waals surface area contributed by atoms with Gasteiger partial charge in [-0.15, -0.1) is 0 Å². The van der Waals surface area contributed by atoms with Gasteiger partial charge in [-0.3, -0.25) is 4.55 Å². The first kappa shape index (κ1) is 11.6. The third-order valence-corrected chi connectivity index (χ3v) is 0.0845. The van der Waals surface area contributed by atoms with Crippen molar-refractivity contribution in [3.05, 3.63) is 0 Å². The highest BCUT2D eigenvalue weighted by atomic mass is 32.2. The van der Waals surface area contributed by atoms with E-state index < -0.39 is 16.8 Å². The summed E-state index contributed by atoms with van der Waals surface area (Å²) in [6, 6.07) is 0. The van der Waals surface area contributed by atoms with Gasteiger partial charge < -0.3 is 5.11 Å². The lowest BCUT2D eigenvalue weighted by Crippen LogP contribution is -1.88. The molecule has 0 atom stereocenters. The Labute approximate surface area is 53.1 Å². The molecule has 2 N–H and O–H groups in total. The van der Waals surface area contributed by atoms with Crippen LogP contribution in [-0.2, 0) is 10.1 Å². The molecule has 0 aromatic heterocycles. The van der Waals surface area contributed by atoms with Crippen molar-refractivity contribution < 1.29 is 22.5 Å². The third kappa shape index (κ3) is 410. The monoisotopic (exact) mass is 160 g/mol. The minimum Gasteiger partial charge on any atom is -0.394 e. The van der Waals surface area contributed by atoms with Crippen LogP contribution in [0.5, 0.6) is 0 Å². The smallest absolute Gasteiger partial charge is 0.261 e. The first-order chi connectivity index (χ1) is 3.91. The molecular formula is C3H9FO4S. The molecule has 0 radical (unpaired) electrons. The molecule has 0 saturated carbocycles. The van der Waals surface area contributed by atoms with Gasteiger partial charge in [0, 0.05) is 0 Å². The fourth-order valence-electron chi connectivity index (χ4n) is 0. The van der Waals surface area contributed by atoms with Gasteiger partial charge in [0.2, 0.25) is 0 Å². The van der Waals surface area contributed by atoms with Crippen LogP contribution in [0.4, 0.5) is 4.39 Å². The Morgan fingerprint density at radius 3 is 1.67 bits per heavy atom. The summed E-state index contributed by atoms with van der Waals surface area (Å²) in [4.78, 5) is 0. The van der Waals surface area contributed by atoms with E-state index in [4.69, 9.17) is 9.66 Å². The molecule has 4 nitrogen and oxygen atoms in total. The van der Waals surface area contributed by atoms with Crippen LogP contribution in [0.15, 0.2) is 0 Å². The number of halogens is 1. The molecule has 0 spiro atoms. The van der Waals surface area contributed by atoms with Crippen LogP contribution in [-0.4, -0.2) is 37.6 Å². The van der Waals surface area contributed by atoms with Gasteiger partial charge in [-0.2, -0.15) is 8.42 Å². The average Bonchev–Trinajstić information content (AvgIpc) is 1.61. The molecule has 0 fully saturated rings. The zero-order valence-corrected chi connectivity index (χ0v) is 5.73. The highest BCUT2D eigenvalue weighted by molar-refractivity contribution is 7.85. The van der Waals surface area contributed by atoms with Crippen LogP contribution >= 0.6 is 0 Å². The van der Waals surface area contributed by atoms with Crippen molar-refractivity contribution in [2.24, 2.45) is 0 Å². The molecular weight excluding hydrogens is 151 g/mol. The molecule has 0 bridgehead atoms. The van der Waals surface area contributed by atoms with Gasteiger partial charge in [0.25, 0.3) is 10.1 Å². The molecule has 0 saturated heterocycles. The van der Waals surface area contributed by atoms with Crippen LogP contribution < -0.4 is 0 Å². The fraction of sp³-hybridized carbons (Fsp3) is 1.00. The molecule has 0 unspecified atom stereocenters. The van der Waals surface area contributed by atoms with E-state index >= 15 is 0 Å². The van der Waals surface area contributed by atoms with Crippen LogP contribution in [0.25, 0.3) is 0 Å². The van der Waals surface area contributed by atoms with Gasteiger partial charge in [-0.25, -0.2) is 4.39 Å². The molecule has 0 heterocycles. The average molecular weight is 160 g/mol. The number of hydrogen-bond acceptors (Lipinski definition) is 3. The maximum absolute atomic E-state index is 10.5. The van der Waals surface area contributed by atoms with Crippen molar-refractivity contribution in [1.29, 1.82) is 0 Å². The largest absolute Gasteiger partial charge is 0.394 e. The molecule has 0 rings (SSSR count). The number of alkyl halides is 1. The predicted molar refractivity (Wildman–Crippen MR) is 30.5 cm³/mol. The fourth-order valence-corrected chi connectivity index (χ4v) is 0. The second-order valence-corrected chi connectivity index (χ2v) is 2.61. The predicted octanol–water partition coefficient (Wildman–Crippen LogP) is -0.548. The van der Waals surface area contributed by atoms with E-state index in [-0.39, 0.29) is 6.61 Å². The van der Waals surface area contributed by atoms with Crippen molar-refractivity contribution in [2.75, 3.05) is 19.5 Å². The summed E-state index contributed by atoms with van der Waals surface area (Å²) in [5.41, 5.74) is 0. The SMILES string of the molecule is CS(=O)(=O)O.OCCF.